The summed E-state index contributed by atoms with van der Waals surface area (Å²) in [5.41, 5.74) is 7.07. The molecule has 2 atom stereocenters. The Hall–Kier alpha value is -6.40. The lowest BCUT2D eigenvalue weighted by atomic mass is 10.1. The molecule has 0 fully saturated rings. The molecule has 4 heterocycles. The summed E-state index contributed by atoms with van der Waals surface area (Å²) in [6, 6.07) is 14.9. The number of carbonyl (C=O) groups excluding carboxylic acids is 1. The zero-order chi connectivity index (χ0) is 48.3. The van der Waals surface area contributed by atoms with Gasteiger partial charge in [0.1, 0.15) is 71.6 Å². The van der Waals surface area contributed by atoms with E-state index in [1.165, 1.54) is 7.11 Å². The van der Waals surface area contributed by atoms with Gasteiger partial charge in [-0.1, -0.05) is 64.8 Å². The Bertz CT molecular complexity index is 2490. The summed E-state index contributed by atoms with van der Waals surface area (Å²) in [5.74, 6) is 2.57. The Morgan fingerprint density at radius 3 is 1.36 bits per heavy atom. The fraction of sp³-hybridized carbons (Fsp3) is 0.510. The molecule has 0 spiro atoms. The maximum absolute atomic E-state index is 11.8. The molecular weight excluding hydrogens is 861 g/mol. The van der Waals surface area contributed by atoms with Crippen LogP contribution in [0.25, 0.3) is 22.1 Å². The van der Waals surface area contributed by atoms with Gasteiger partial charge in [0.2, 0.25) is 11.8 Å². The normalized spacial score (nSPS) is 12.1. The first-order chi connectivity index (χ1) is 32.5. The topological polar surface area (TPSA) is 206 Å². The van der Waals surface area contributed by atoms with E-state index in [0.29, 0.717) is 82.2 Å². The van der Waals surface area contributed by atoms with Crippen molar-refractivity contribution >= 4 is 34.0 Å². The standard InChI is InChI=1S/C25H34N4O5.C24H32N4O5/c1-6-9-19-22-23(29(4)28-19)24(27-21(7-2)26-22)34-15-14-33-18-12-10-17(11-13-18)16-20(32-8-3)25(30)31-5;1-5-8-18-21-22(28(4)27-18)23(26-20(6-2)25-21)33-14-13-32-17-11-9-16(10-12-17)15-19(24(29)30)31-7-3/h10-13,20H,6-9,14-16H2,1-5H3;9-12,19H,5-8,13-15H2,1-4H3,(H,29,30)/t20-;19-/m00/s1. The lowest BCUT2D eigenvalue weighted by Crippen LogP contribution is -2.28. The summed E-state index contributed by atoms with van der Waals surface area (Å²) < 4.78 is 42.7. The number of aliphatic carboxylic acids is 1. The molecule has 0 saturated heterocycles. The second-order valence-electron chi connectivity index (χ2n) is 15.5. The van der Waals surface area contributed by atoms with Crippen molar-refractivity contribution in [2.45, 2.75) is 105 Å². The third-order valence-electron chi connectivity index (χ3n) is 10.5. The third kappa shape index (κ3) is 14.3. The van der Waals surface area contributed by atoms with Gasteiger partial charge < -0.3 is 38.3 Å². The number of carboxylic acid groups (broad SMARTS) is 1. The van der Waals surface area contributed by atoms with E-state index in [1.807, 2.05) is 83.4 Å². The van der Waals surface area contributed by atoms with Crippen molar-refractivity contribution in [1.82, 2.24) is 39.5 Å². The molecule has 4 aromatic heterocycles. The number of nitrogens with zero attached hydrogens (tertiary/aromatic N) is 8. The van der Waals surface area contributed by atoms with E-state index < -0.39 is 18.2 Å². The molecule has 1 N–H and O–H groups in total. The number of hydrogen-bond acceptors (Lipinski definition) is 15. The summed E-state index contributed by atoms with van der Waals surface area (Å²) >= 11 is 0. The molecule has 0 aliphatic heterocycles. The predicted octanol–water partition coefficient (Wildman–Crippen LogP) is 6.82. The van der Waals surface area contributed by atoms with Crippen molar-refractivity contribution < 1.29 is 47.9 Å². The van der Waals surface area contributed by atoms with Crippen LogP contribution in [0.4, 0.5) is 0 Å². The van der Waals surface area contributed by atoms with Gasteiger partial charge in [-0.25, -0.2) is 19.6 Å². The number of hydrogen-bond donors (Lipinski definition) is 1. The van der Waals surface area contributed by atoms with Crippen LogP contribution in [0.15, 0.2) is 48.5 Å². The lowest BCUT2D eigenvalue weighted by Gasteiger charge is -2.15. The molecule has 0 amide bonds. The van der Waals surface area contributed by atoms with Crippen LogP contribution in [0.2, 0.25) is 0 Å². The molecule has 0 bridgehead atoms. The lowest BCUT2D eigenvalue weighted by molar-refractivity contribution is -0.153. The molecule has 6 rings (SSSR count). The minimum Gasteiger partial charge on any atom is -0.490 e. The number of fused-ring (bicyclic) bond motifs is 2. The van der Waals surface area contributed by atoms with Gasteiger partial charge in [-0.15, -0.1) is 0 Å². The van der Waals surface area contributed by atoms with Crippen molar-refractivity contribution in [3.05, 3.63) is 82.7 Å². The number of benzene rings is 2. The fourth-order valence-corrected chi connectivity index (χ4v) is 7.26. The van der Waals surface area contributed by atoms with E-state index in [9.17, 15) is 14.7 Å². The van der Waals surface area contributed by atoms with Gasteiger partial charge in [0, 0.05) is 53.0 Å². The molecule has 362 valence electrons. The number of ether oxygens (including phenoxy) is 7. The number of carboxylic acids is 1. The molecule has 18 heteroatoms. The Kier molecular flexibility index (Phi) is 20.1. The highest BCUT2D eigenvalue weighted by Gasteiger charge is 2.22. The second kappa shape index (κ2) is 26.1. The van der Waals surface area contributed by atoms with Crippen LogP contribution >= 0.6 is 0 Å². The first kappa shape index (κ1) is 51.6. The number of aromatic nitrogens is 8. The van der Waals surface area contributed by atoms with E-state index >= 15 is 0 Å². The van der Waals surface area contributed by atoms with E-state index in [1.54, 1.807) is 16.3 Å². The van der Waals surface area contributed by atoms with Gasteiger partial charge >= 0.3 is 11.9 Å². The van der Waals surface area contributed by atoms with Crippen molar-refractivity contribution in [1.29, 1.82) is 0 Å². The van der Waals surface area contributed by atoms with Crippen LogP contribution in [0.3, 0.4) is 0 Å². The first-order valence-electron chi connectivity index (χ1n) is 23.1. The summed E-state index contributed by atoms with van der Waals surface area (Å²) in [5, 5.41) is 18.4. The van der Waals surface area contributed by atoms with Crippen LogP contribution in [0.1, 0.15) is 88.5 Å². The van der Waals surface area contributed by atoms with Crippen molar-refractivity contribution in [3.63, 3.8) is 0 Å². The highest BCUT2D eigenvalue weighted by Crippen LogP contribution is 2.27. The molecule has 0 unspecified atom stereocenters. The Morgan fingerprint density at radius 1 is 0.582 bits per heavy atom. The van der Waals surface area contributed by atoms with Gasteiger partial charge in [0.15, 0.2) is 12.2 Å². The van der Waals surface area contributed by atoms with Crippen LogP contribution < -0.4 is 18.9 Å². The van der Waals surface area contributed by atoms with E-state index in [4.69, 9.17) is 33.2 Å². The first-order valence-corrected chi connectivity index (χ1v) is 23.1. The Labute approximate surface area is 392 Å². The smallest absolute Gasteiger partial charge is 0.335 e. The van der Waals surface area contributed by atoms with Crippen molar-refractivity contribution in [3.8, 4) is 23.3 Å². The molecule has 6 aromatic rings. The van der Waals surface area contributed by atoms with Crippen molar-refractivity contribution in [2.75, 3.05) is 46.8 Å². The quantitative estimate of drug-likeness (QED) is 0.0437. The number of esters is 1. The van der Waals surface area contributed by atoms with Gasteiger partial charge in [-0.05, 0) is 62.1 Å². The minimum atomic E-state index is -0.963. The number of aryl methyl sites for hydroxylation is 6. The molecule has 0 saturated carbocycles. The molecule has 2 aromatic carbocycles. The molecule has 0 radical (unpaired) electrons. The summed E-state index contributed by atoms with van der Waals surface area (Å²) in [6.45, 7) is 14.1. The zero-order valence-corrected chi connectivity index (χ0v) is 40.4. The van der Waals surface area contributed by atoms with Gasteiger partial charge in [0.25, 0.3) is 0 Å². The third-order valence-corrected chi connectivity index (χ3v) is 10.5. The molecular formula is C49H66N8O10. The minimum absolute atomic E-state index is 0.306. The highest BCUT2D eigenvalue weighted by molar-refractivity contribution is 5.83. The number of methoxy groups -OCH3 is 1. The maximum atomic E-state index is 11.8. The monoisotopic (exact) mass is 926 g/mol. The van der Waals surface area contributed by atoms with E-state index in [2.05, 4.69) is 44.0 Å². The molecule has 0 aliphatic rings. The van der Waals surface area contributed by atoms with Crippen LogP contribution in [-0.4, -0.2) is 116 Å². The molecule has 67 heavy (non-hydrogen) atoms. The SMILES string of the molecule is CCCc1nn(C)c2c(OCCOc3ccc(C[C@H](OCC)C(=O)O)cc3)nc(CC)nc12.CCCc1nn(C)c2c(OCCOc3ccc(C[C@H](OCC)C(=O)OC)cc3)nc(CC)nc12. The number of carbonyl (C=O) groups is 2. The highest BCUT2D eigenvalue weighted by atomic mass is 16.6. The second-order valence-corrected chi connectivity index (χ2v) is 15.5. The van der Waals surface area contributed by atoms with Crippen LogP contribution in [0.5, 0.6) is 23.3 Å². The average molecular weight is 927 g/mol. The summed E-state index contributed by atoms with van der Waals surface area (Å²) in [7, 11) is 5.13. The van der Waals surface area contributed by atoms with Gasteiger partial charge in [-0.2, -0.15) is 20.2 Å². The van der Waals surface area contributed by atoms with Gasteiger partial charge in [0.05, 0.1) is 18.5 Å². The molecule has 18 nitrogen and oxygen atoms in total. The van der Waals surface area contributed by atoms with E-state index in [-0.39, 0.29) is 5.97 Å². The average Bonchev–Trinajstić information content (AvgIpc) is 3.83. The van der Waals surface area contributed by atoms with Gasteiger partial charge in [-0.3, -0.25) is 9.36 Å². The van der Waals surface area contributed by atoms with Crippen molar-refractivity contribution in [2.24, 2.45) is 14.1 Å². The number of rotatable bonds is 26. The largest absolute Gasteiger partial charge is 0.490 e. The molecule has 0 aliphatic carbocycles. The Morgan fingerprint density at radius 2 is 0.985 bits per heavy atom. The zero-order valence-electron chi connectivity index (χ0n) is 40.4. The predicted molar refractivity (Wildman–Crippen MR) is 252 cm³/mol. The van der Waals surface area contributed by atoms with Crippen LogP contribution in [-0.2, 0) is 76.4 Å². The summed E-state index contributed by atoms with van der Waals surface area (Å²) in [6.07, 6.45) is 4.42. The Balaban J connectivity index is 0.000000251. The van der Waals surface area contributed by atoms with Crippen LogP contribution in [0, 0.1) is 0 Å². The maximum Gasteiger partial charge on any atom is 0.335 e. The fourth-order valence-electron chi connectivity index (χ4n) is 7.26. The van der Waals surface area contributed by atoms with E-state index in [0.717, 1.165) is 88.3 Å². The summed E-state index contributed by atoms with van der Waals surface area (Å²) in [4.78, 5) is 41.6.